The summed E-state index contributed by atoms with van der Waals surface area (Å²) in [6, 6.07) is 0. The predicted molar refractivity (Wildman–Crippen MR) is 535 cm³/mol. The topological polar surface area (TPSA) is 185 Å². The van der Waals surface area contributed by atoms with Crippen LogP contribution in [0.2, 0.25) is 9.88 Å². The third kappa shape index (κ3) is 90.3. The van der Waals surface area contributed by atoms with E-state index in [0.717, 1.165) is 284 Å². The van der Waals surface area contributed by atoms with E-state index in [1.165, 1.54) is 218 Å². The van der Waals surface area contributed by atoms with Crippen LogP contribution in [0.1, 0.15) is 539 Å². The molecule has 2 heterocycles. The summed E-state index contributed by atoms with van der Waals surface area (Å²) in [5.74, 6) is -2.56. The zero-order chi connectivity index (χ0) is 91.0. The Kier molecular flexibility index (Phi) is 90.4. The first-order valence-corrected chi connectivity index (χ1v) is 67.1. The van der Waals surface area contributed by atoms with Crippen LogP contribution in [-0.4, -0.2) is 115 Å². The summed E-state index contributed by atoms with van der Waals surface area (Å²) < 4.78 is 53.1. The van der Waals surface area contributed by atoms with Crippen LogP contribution in [-0.2, 0) is 61.4 Å². The fourth-order valence-corrected chi connectivity index (χ4v) is 26.3. The molecule has 0 saturated heterocycles. The number of carbonyl (C=O) groups is 6. The van der Waals surface area contributed by atoms with Crippen molar-refractivity contribution in [1.82, 2.24) is 0 Å². The molecule has 0 aromatic heterocycles. The molecule has 0 fully saturated rings. The number of rotatable bonds is 36. The van der Waals surface area contributed by atoms with Gasteiger partial charge in [0.15, 0.2) is 0 Å². The maximum atomic E-state index is 13.2. The number of allylic oxidation sites excluding steroid dienone is 12. The van der Waals surface area contributed by atoms with Gasteiger partial charge in [-0.15, -0.1) is 0 Å². The SMILES string of the molecule is [CH3][Sn]1([O]C(=O)CCCCCCC/C=C\CCCCCCCCOCCCCCCCC/C=C\CCCCCCCC(=O)[O][Sn]2([CH3])[O]C(=O)CCCCCCCC=CCCCCCCCCOCCCCCCCC/C=C\CCCCCCCC(=O)[O]2)[O]C(=O)CCCCCCCC=CCCCCCCCCOCCCCCCCCC=CCCCCCCCC(=O)[O]1. The van der Waals surface area contributed by atoms with E-state index in [2.05, 4.69) is 72.9 Å². The molecule has 0 saturated carbocycles. The molecule has 0 amide bonds. The van der Waals surface area contributed by atoms with Crippen molar-refractivity contribution in [2.75, 3.05) is 39.6 Å². The Morgan fingerprint density at radius 1 is 0.244 bits per heavy atom. The minimum absolute atomic E-state index is 0.229. The molecular weight excluding hydrogens is 1800 g/mol. The Hall–Kier alpha value is -3.26. The fourth-order valence-electron chi connectivity index (χ4n) is 16.8. The van der Waals surface area contributed by atoms with Gasteiger partial charge in [-0.3, -0.25) is 0 Å². The van der Waals surface area contributed by atoms with E-state index < -0.39 is 75.1 Å². The van der Waals surface area contributed by atoms with E-state index in [9.17, 15) is 28.8 Å². The molecule has 1 atom stereocenters. The van der Waals surface area contributed by atoms with Gasteiger partial charge in [-0.25, -0.2) is 0 Å². The van der Waals surface area contributed by atoms with E-state index in [1.54, 1.807) is 9.88 Å². The third-order valence-corrected chi connectivity index (χ3v) is 35.0. The summed E-state index contributed by atoms with van der Waals surface area (Å²) in [6.45, 7) is 5.44. The molecule has 736 valence electrons. The Bertz CT molecular complexity index is 2380. The van der Waals surface area contributed by atoms with Crippen molar-refractivity contribution >= 4 is 75.1 Å². The van der Waals surface area contributed by atoms with Gasteiger partial charge >= 0.3 is 513 Å². The van der Waals surface area contributed by atoms with E-state index >= 15 is 0 Å². The number of ether oxygens (including phenoxy) is 3. The summed E-state index contributed by atoms with van der Waals surface area (Å²) in [5.41, 5.74) is 0. The van der Waals surface area contributed by atoms with Crippen molar-refractivity contribution < 1.29 is 61.4 Å². The fraction of sp³-hybridized carbons (Fsp3) is 0.836. The van der Waals surface area contributed by atoms with Gasteiger partial charge in [0.1, 0.15) is 0 Å². The second kappa shape index (κ2) is 95.9. The molecule has 0 spiro atoms. The average Bonchev–Trinajstić information content (AvgIpc) is 0.862. The van der Waals surface area contributed by atoms with E-state index in [4.69, 9.17) is 32.7 Å². The van der Waals surface area contributed by atoms with Gasteiger partial charge in [-0.2, -0.15) is 0 Å². The van der Waals surface area contributed by atoms with Gasteiger partial charge in [-0.1, -0.05) is 154 Å². The van der Waals surface area contributed by atoms with Crippen molar-refractivity contribution in [3.05, 3.63) is 72.9 Å². The first kappa shape index (κ1) is 120. The van der Waals surface area contributed by atoms with Crippen LogP contribution in [0.15, 0.2) is 72.9 Å². The molecule has 2 aliphatic rings. The number of carbonyl (C=O) groups excluding carboxylic acids is 6. The quantitative estimate of drug-likeness (QED) is 0.0327. The van der Waals surface area contributed by atoms with Gasteiger partial charge in [0.2, 0.25) is 0 Å². The van der Waals surface area contributed by atoms with Crippen LogP contribution >= 0.6 is 0 Å². The Balaban J connectivity index is 1.51. The Morgan fingerprint density at radius 3 is 0.654 bits per heavy atom. The normalized spacial score (nSPS) is 21.6. The van der Waals surface area contributed by atoms with E-state index in [-0.39, 0.29) is 38.5 Å². The molecule has 127 heavy (non-hydrogen) atoms. The Labute approximate surface area is 792 Å². The van der Waals surface area contributed by atoms with Crippen LogP contribution < -0.4 is 0 Å². The monoisotopic (exact) mass is 2000 g/mol. The van der Waals surface area contributed by atoms with Gasteiger partial charge in [0.25, 0.3) is 0 Å². The molecule has 0 aliphatic carbocycles. The average molecular weight is 2000 g/mol. The summed E-state index contributed by atoms with van der Waals surface area (Å²) in [7, 11) is 0. The molecule has 0 aromatic carbocycles. The van der Waals surface area contributed by atoms with E-state index in [0.29, 0.717) is 38.5 Å². The van der Waals surface area contributed by atoms with E-state index in [1.807, 2.05) is 0 Å². The number of hydrogen-bond acceptors (Lipinski definition) is 15. The molecule has 1 unspecified atom stereocenters. The second-order valence-corrected chi connectivity index (χ2v) is 50.9. The van der Waals surface area contributed by atoms with Crippen molar-refractivity contribution in [2.24, 2.45) is 0 Å². The maximum absolute atomic E-state index is 13.2. The molecule has 17 heteroatoms. The molecule has 0 aromatic rings. The van der Waals surface area contributed by atoms with Gasteiger partial charge in [-0.05, 0) is 77.0 Å². The predicted octanol–water partition coefficient (Wildman–Crippen LogP) is 33.6. The van der Waals surface area contributed by atoms with Gasteiger partial charge in [0.05, 0.1) is 0 Å². The van der Waals surface area contributed by atoms with Crippen molar-refractivity contribution in [3.8, 4) is 0 Å². The molecule has 0 N–H and O–H groups in total. The third-order valence-electron chi connectivity index (χ3n) is 24.8. The Morgan fingerprint density at radius 2 is 0.425 bits per heavy atom. The van der Waals surface area contributed by atoms with Crippen LogP contribution in [0.5, 0.6) is 0 Å². The van der Waals surface area contributed by atoms with Gasteiger partial charge in [0, 0.05) is 39.6 Å². The van der Waals surface area contributed by atoms with Crippen LogP contribution in [0.3, 0.4) is 0 Å². The van der Waals surface area contributed by atoms with Crippen molar-refractivity contribution in [3.63, 3.8) is 0 Å². The summed E-state index contributed by atoms with van der Waals surface area (Å²) in [6.07, 6.45) is 119. The number of unbranched alkanes of at least 4 members (excludes halogenated alkanes) is 22. The molecule has 2 aliphatic heterocycles. The summed E-state index contributed by atoms with van der Waals surface area (Å²) >= 11 is -9.65. The second-order valence-electron chi connectivity index (χ2n) is 37.5. The van der Waals surface area contributed by atoms with Gasteiger partial charge < -0.3 is 14.2 Å². The minimum atomic E-state index is -4.82. The molecule has 0 radical (unpaired) electrons. The van der Waals surface area contributed by atoms with Crippen LogP contribution in [0, 0.1) is 0 Å². The zero-order valence-electron chi connectivity index (χ0n) is 82.7. The molecular formula is C110H198O15Sn2. The summed E-state index contributed by atoms with van der Waals surface area (Å²) in [5, 5.41) is 0. The number of hydrogen-bond donors (Lipinski definition) is 0. The molecule has 2 rings (SSSR count). The van der Waals surface area contributed by atoms with Crippen molar-refractivity contribution in [2.45, 2.75) is 549 Å². The first-order valence-electron chi connectivity index (χ1n) is 54.4. The van der Waals surface area contributed by atoms with Crippen molar-refractivity contribution in [1.29, 1.82) is 0 Å². The standard InChI is InChI=1S/3C36H66O5.2CH3.2Sn/c3*37-35(38)31-27-23-19-15-11-7-3-1-5-9-13-17-21-25-29-33-41-34-30-26-22-18-14-10-6-2-4-8-12-16-20-24-28-32-36(39)40;;;;/h3*1-4H,5-34H2,(H,37,38)(H,39,40);2*1H3;;/q;;;;;2*+3/p-6/b3-1-,4-2?;3-1-,4-2-;;;;;. The zero-order valence-corrected chi connectivity index (χ0v) is 88.4. The summed E-state index contributed by atoms with van der Waals surface area (Å²) in [4.78, 5) is 82.4. The molecule has 15 nitrogen and oxygen atoms in total. The first-order chi connectivity index (χ1) is 62.5. The van der Waals surface area contributed by atoms with Crippen LogP contribution in [0.4, 0.5) is 0 Å². The van der Waals surface area contributed by atoms with Crippen LogP contribution in [0.25, 0.3) is 0 Å². The molecule has 0 bridgehead atoms.